The molecule has 0 amide bonds. The third-order valence-electron chi connectivity index (χ3n) is 2.96. The molecule has 2 N–H and O–H groups in total. The maximum Gasteiger partial charge on any atom is 0.245 e. The van der Waals surface area contributed by atoms with Crippen LogP contribution in [0.3, 0.4) is 0 Å². The van der Waals surface area contributed by atoms with E-state index >= 15 is 0 Å². The molecule has 2 aromatic rings. The molecule has 3 heterocycles. The molecule has 1 fully saturated rings. The van der Waals surface area contributed by atoms with Crippen molar-refractivity contribution in [3.05, 3.63) is 5.69 Å². The minimum atomic E-state index is 0.759. The Morgan fingerprint density at radius 2 is 2.22 bits per heavy atom. The Morgan fingerprint density at radius 1 is 1.28 bits per heavy atom. The topological polar surface area (TPSA) is 82.6 Å². The fourth-order valence-corrected chi connectivity index (χ4v) is 2.59. The first-order valence-corrected chi connectivity index (χ1v) is 6.79. The van der Waals surface area contributed by atoms with Crippen molar-refractivity contribution in [2.24, 2.45) is 0 Å². The van der Waals surface area contributed by atoms with Gasteiger partial charge in [-0.3, -0.25) is 5.10 Å². The van der Waals surface area contributed by atoms with Gasteiger partial charge in [-0.25, -0.2) is 0 Å². The number of anilines is 1. The zero-order chi connectivity index (χ0) is 12.4. The molecule has 96 valence electrons. The van der Waals surface area contributed by atoms with E-state index in [-0.39, 0.29) is 0 Å². The first kappa shape index (κ1) is 11.5. The number of rotatable bonds is 2. The van der Waals surface area contributed by atoms with Gasteiger partial charge in [-0.2, -0.15) is 4.98 Å². The van der Waals surface area contributed by atoms with Crippen LogP contribution in [-0.2, 0) is 0 Å². The monoisotopic (exact) mass is 265 g/mol. The zero-order valence-corrected chi connectivity index (χ0v) is 11.0. The van der Waals surface area contributed by atoms with E-state index in [1.165, 1.54) is 11.5 Å². The fraction of sp³-hybridized carbons (Fsp3) is 0.600. The maximum absolute atomic E-state index is 4.54. The van der Waals surface area contributed by atoms with E-state index < -0.39 is 0 Å². The molecule has 0 unspecified atom stereocenters. The zero-order valence-electron chi connectivity index (χ0n) is 10.2. The van der Waals surface area contributed by atoms with Crippen LogP contribution in [0.4, 0.5) is 5.95 Å². The Balaban J connectivity index is 1.82. The second-order valence-electron chi connectivity index (χ2n) is 4.26. The smallest absolute Gasteiger partial charge is 0.245 e. The lowest BCUT2D eigenvalue weighted by Gasteiger charge is -2.16. The van der Waals surface area contributed by atoms with Crippen molar-refractivity contribution in [1.29, 1.82) is 0 Å². The van der Waals surface area contributed by atoms with E-state index in [4.69, 9.17) is 0 Å². The molecule has 1 aliphatic rings. The lowest BCUT2D eigenvalue weighted by molar-refractivity contribution is 0.724. The molecular weight excluding hydrogens is 250 g/mol. The summed E-state index contributed by atoms with van der Waals surface area (Å²) in [4.78, 5) is 7.70. The van der Waals surface area contributed by atoms with Crippen molar-refractivity contribution in [2.45, 2.75) is 13.3 Å². The molecule has 1 saturated heterocycles. The van der Waals surface area contributed by atoms with E-state index in [1.807, 2.05) is 6.92 Å². The quantitative estimate of drug-likeness (QED) is 0.819. The van der Waals surface area contributed by atoms with Crippen molar-refractivity contribution in [3.8, 4) is 10.7 Å². The highest BCUT2D eigenvalue weighted by Crippen LogP contribution is 2.23. The summed E-state index contributed by atoms with van der Waals surface area (Å²) in [6.45, 7) is 5.90. The van der Waals surface area contributed by atoms with Crippen LogP contribution in [0.1, 0.15) is 12.1 Å². The average Bonchev–Trinajstić information content (AvgIpc) is 2.91. The molecule has 0 aliphatic carbocycles. The van der Waals surface area contributed by atoms with Crippen LogP contribution in [0.5, 0.6) is 0 Å². The molecule has 0 aromatic carbocycles. The summed E-state index contributed by atoms with van der Waals surface area (Å²) in [7, 11) is 0. The predicted molar refractivity (Wildman–Crippen MR) is 69.7 cm³/mol. The fourth-order valence-electron chi connectivity index (χ4n) is 1.99. The molecule has 7 nitrogen and oxygen atoms in total. The number of nitrogens with zero attached hydrogens (tertiary/aromatic N) is 5. The molecule has 0 radical (unpaired) electrons. The van der Waals surface area contributed by atoms with Crippen LogP contribution < -0.4 is 10.2 Å². The first-order valence-electron chi connectivity index (χ1n) is 6.02. The van der Waals surface area contributed by atoms with Crippen molar-refractivity contribution in [2.75, 3.05) is 31.1 Å². The SMILES string of the molecule is Cc1nnsc1-c1nc(N2CCCNCC2)n[nH]1. The van der Waals surface area contributed by atoms with Gasteiger partial charge < -0.3 is 10.2 Å². The van der Waals surface area contributed by atoms with Gasteiger partial charge in [0.05, 0.1) is 5.69 Å². The summed E-state index contributed by atoms with van der Waals surface area (Å²) in [5.74, 6) is 1.52. The summed E-state index contributed by atoms with van der Waals surface area (Å²) in [5.41, 5.74) is 0.889. The molecule has 0 atom stereocenters. The summed E-state index contributed by atoms with van der Waals surface area (Å²) >= 11 is 1.34. The number of nitrogens with one attached hydrogen (secondary N) is 2. The standard InChI is InChI=1S/C10H15N7S/c1-7-8(18-16-13-7)9-12-10(15-14-9)17-5-2-3-11-4-6-17/h11H,2-6H2,1H3,(H,12,14,15). The van der Waals surface area contributed by atoms with Gasteiger partial charge in [0.1, 0.15) is 4.88 Å². The van der Waals surface area contributed by atoms with Crippen LogP contribution in [0.2, 0.25) is 0 Å². The van der Waals surface area contributed by atoms with E-state index in [1.54, 1.807) is 0 Å². The number of H-pyrrole nitrogens is 1. The Hall–Kier alpha value is -1.54. The molecule has 0 saturated carbocycles. The normalized spacial score (nSPS) is 16.8. The van der Waals surface area contributed by atoms with Crippen molar-refractivity contribution in [3.63, 3.8) is 0 Å². The van der Waals surface area contributed by atoms with Gasteiger partial charge in [0.2, 0.25) is 5.95 Å². The largest absolute Gasteiger partial charge is 0.338 e. The van der Waals surface area contributed by atoms with Gasteiger partial charge in [0.25, 0.3) is 0 Å². The summed E-state index contributed by atoms with van der Waals surface area (Å²) < 4.78 is 3.92. The molecule has 8 heteroatoms. The number of hydrogen-bond acceptors (Lipinski definition) is 7. The Kier molecular flexibility index (Phi) is 3.20. The third kappa shape index (κ3) is 2.21. The summed E-state index contributed by atoms with van der Waals surface area (Å²) in [5, 5.41) is 14.6. The minimum absolute atomic E-state index is 0.759. The average molecular weight is 265 g/mol. The van der Waals surface area contributed by atoms with E-state index in [0.717, 1.165) is 54.9 Å². The summed E-state index contributed by atoms with van der Waals surface area (Å²) in [6.07, 6.45) is 1.12. The molecular formula is C10H15N7S. The van der Waals surface area contributed by atoms with Crippen LogP contribution in [0.25, 0.3) is 10.7 Å². The Bertz CT molecular complexity index is 512. The molecule has 0 bridgehead atoms. The van der Waals surface area contributed by atoms with E-state index in [0.29, 0.717) is 0 Å². The van der Waals surface area contributed by atoms with Crippen molar-refractivity contribution >= 4 is 17.5 Å². The van der Waals surface area contributed by atoms with E-state index in [9.17, 15) is 0 Å². The molecule has 1 aliphatic heterocycles. The highest BCUT2D eigenvalue weighted by atomic mass is 32.1. The lowest BCUT2D eigenvalue weighted by atomic mass is 10.4. The van der Waals surface area contributed by atoms with Gasteiger partial charge in [0, 0.05) is 19.6 Å². The third-order valence-corrected chi connectivity index (χ3v) is 3.80. The highest BCUT2D eigenvalue weighted by molar-refractivity contribution is 7.09. The van der Waals surface area contributed by atoms with Crippen LogP contribution in [-0.4, -0.2) is 50.9 Å². The van der Waals surface area contributed by atoms with Gasteiger partial charge in [-0.1, -0.05) is 4.49 Å². The highest BCUT2D eigenvalue weighted by Gasteiger charge is 2.16. The lowest BCUT2D eigenvalue weighted by Crippen LogP contribution is -2.28. The molecule has 18 heavy (non-hydrogen) atoms. The predicted octanol–water partition coefficient (Wildman–Crippen LogP) is 0.431. The number of aromatic amines is 1. The molecule has 2 aromatic heterocycles. The van der Waals surface area contributed by atoms with Gasteiger partial charge in [-0.05, 0) is 31.4 Å². The van der Waals surface area contributed by atoms with Crippen LogP contribution >= 0.6 is 11.5 Å². The Morgan fingerprint density at radius 3 is 3.06 bits per heavy atom. The second-order valence-corrected chi connectivity index (χ2v) is 5.02. The molecule has 3 rings (SSSR count). The van der Waals surface area contributed by atoms with Gasteiger partial charge >= 0.3 is 0 Å². The second kappa shape index (κ2) is 4.99. The Labute approximate surface area is 109 Å². The van der Waals surface area contributed by atoms with E-state index in [2.05, 4.69) is 35.0 Å². The van der Waals surface area contributed by atoms with Crippen molar-refractivity contribution < 1.29 is 0 Å². The maximum atomic E-state index is 4.54. The van der Waals surface area contributed by atoms with Gasteiger partial charge in [-0.15, -0.1) is 10.2 Å². The van der Waals surface area contributed by atoms with Crippen LogP contribution in [0.15, 0.2) is 0 Å². The van der Waals surface area contributed by atoms with Crippen LogP contribution in [0, 0.1) is 6.92 Å². The molecule has 0 spiro atoms. The van der Waals surface area contributed by atoms with Gasteiger partial charge in [0.15, 0.2) is 5.82 Å². The number of aromatic nitrogens is 5. The summed E-state index contributed by atoms with van der Waals surface area (Å²) in [6, 6.07) is 0. The number of aryl methyl sites for hydroxylation is 1. The number of hydrogen-bond donors (Lipinski definition) is 2. The first-order chi connectivity index (χ1) is 8.84. The minimum Gasteiger partial charge on any atom is -0.338 e. The van der Waals surface area contributed by atoms with Crippen molar-refractivity contribution in [1.82, 2.24) is 30.1 Å².